The minimum Gasteiger partial charge on any atom is -0.495 e. The van der Waals surface area contributed by atoms with E-state index in [0.29, 0.717) is 65.3 Å². The summed E-state index contributed by atoms with van der Waals surface area (Å²) in [5, 5.41) is 4.60. The van der Waals surface area contributed by atoms with Crippen molar-refractivity contribution in [2.24, 2.45) is 5.92 Å². The highest BCUT2D eigenvalue weighted by molar-refractivity contribution is 6.42. The molecule has 0 saturated carbocycles. The smallest absolute Gasteiger partial charge is 0.224 e. The number of anilines is 1. The predicted molar refractivity (Wildman–Crippen MR) is 121 cm³/mol. The van der Waals surface area contributed by atoms with Crippen LogP contribution >= 0.6 is 34.8 Å². The molecule has 0 aliphatic carbocycles. The van der Waals surface area contributed by atoms with Crippen molar-refractivity contribution in [1.82, 2.24) is 4.90 Å². The molecule has 1 saturated heterocycles. The van der Waals surface area contributed by atoms with Gasteiger partial charge in [0.05, 0.1) is 22.8 Å². The number of likely N-dealkylation sites (tertiary alicyclic amines) is 1. The summed E-state index contributed by atoms with van der Waals surface area (Å²) >= 11 is 18.0. The van der Waals surface area contributed by atoms with E-state index in [0.717, 1.165) is 5.69 Å². The Balaban J connectivity index is 1.48. The average molecular weight is 470 g/mol. The van der Waals surface area contributed by atoms with Crippen molar-refractivity contribution < 1.29 is 14.3 Å². The number of ketones is 1. The first-order chi connectivity index (χ1) is 14.4. The molecule has 1 heterocycles. The van der Waals surface area contributed by atoms with Gasteiger partial charge in [-0.2, -0.15) is 0 Å². The van der Waals surface area contributed by atoms with Gasteiger partial charge in [-0.15, -0.1) is 0 Å². The molecule has 0 radical (unpaired) electrons. The van der Waals surface area contributed by atoms with Crippen LogP contribution in [-0.4, -0.2) is 43.3 Å². The molecule has 1 aliphatic heterocycles. The highest BCUT2D eigenvalue weighted by Gasteiger charge is 2.28. The van der Waals surface area contributed by atoms with Gasteiger partial charge < -0.3 is 15.0 Å². The predicted octanol–water partition coefficient (Wildman–Crippen LogP) is 5.58. The van der Waals surface area contributed by atoms with Crippen LogP contribution in [0.15, 0.2) is 36.4 Å². The molecule has 0 unspecified atom stereocenters. The third-order valence-corrected chi connectivity index (χ3v) is 6.21. The van der Waals surface area contributed by atoms with Crippen LogP contribution in [-0.2, 0) is 4.79 Å². The minimum absolute atomic E-state index is 0.0513. The fraction of sp³-hybridized carbons (Fsp3) is 0.364. The lowest BCUT2D eigenvalue weighted by atomic mass is 9.89. The molecule has 0 atom stereocenters. The van der Waals surface area contributed by atoms with Gasteiger partial charge in [-0.05, 0) is 49.2 Å². The Kier molecular flexibility index (Phi) is 7.87. The summed E-state index contributed by atoms with van der Waals surface area (Å²) in [4.78, 5) is 27.1. The topological polar surface area (TPSA) is 58.6 Å². The van der Waals surface area contributed by atoms with E-state index in [1.807, 2.05) is 4.90 Å². The molecule has 160 valence electrons. The van der Waals surface area contributed by atoms with Crippen LogP contribution in [0.25, 0.3) is 0 Å². The number of amides is 1. The van der Waals surface area contributed by atoms with Crippen LogP contribution in [0.5, 0.6) is 5.75 Å². The van der Waals surface area contributed by atoms with Gasteiger partial charge in [0, 0.05) is 42.6 Å². The van der Waals surface area contributed by atoms with Gasteiger partial charge in [0.25, 0.3) is 0 Å². The molecule has 30 heavy (non-hydrogen) atoms. The maximum absolute atomic E-state index is 12.7. The summed E-state index contributed by atoms with van der Waals surface area (Å²) in [5.74, 6) is 0.674. The monoisotopic (exact) mass is 468 g/mol. The molecule has 5 nitrogen and oxygen atoms in total. The molecule has 1 N–H and O–H groups in total. The number of ether oxygens (including phenoxy) is 1. The lowest BCUT2D eigenvalue weighted by Crippen LogP contribution is -2.40. The zero-order valence-corrected chi connectivity index (χ0v) is 18.9. The molecular formula is C22H23Cl3N2O3. The molecule has 0 bridgehead atoms. The Labute approximate surface area is 191 Å². The Hall–Kier alpha value is -1.95. The summed E-state index contributed by atoms with van der Waals surface area (Å²) in [6.07, 6.45) is 1.63. The van der Waals surface area contributed by atoms with Crippen molar-refractivity contribution in [3.05, 3.63) is 57.0 Å². The number of nitrogens with zero attached hydrogens (tertiary/aromatic N) is 1. The first kappa shape index (κ1) is 22.7. The van der Waals surface area contributed by atoms with Gasteiger partial charge in [0.1, 0.15) is 5.75 Å². The SMILES string of the molecule is COc1ccc(Cl)cc1NCCC(=O)N1CCC(C(=O)c2ccc(Cl)c(Cl)c2)CC1. The van der Waals surface area contributed by atoms with E-state index < -0.39 is 0 Å². The number of hydrogen-bond donors (Lipinski definition) is 1. The molecule has 3 rings (SSSR count). The van der Waals surface area contributed by atoms with Crippen molar-refractivity contribution in [3.8, 4) is 5.75 Å². The first-order valence-electron chi connectivity index (χ1n) is 9.73. The fourth-order valence-corrected chi connectivity index (χ4v) is 4.03. The molecule has 2 aromatic rings. The van der Waals surface area contributed by atoms with Crippen LogP contribution in [0.1, 0.15) is 29.6 Å². The van der Waals surface area contributed by atoms with Crippen LogP contribution in [0, 0.1) is 5.92 Å². The Bertz CT molecular complexity index is 928. The van der Waals surface area contributed by atoms with E-state index in [2.05, 4.69) is 5.32 Å². The number of carbonyl (C=O) groups excluding carboxylic acids is 2. The van der Waals surface area contributed by atoms with Crippen molar-refractivity contribution in [2.45, 2.75) is 19.3 Å². The molecule has 0 spiro atoms. The standard InChI is InChI=1S/C22H23Cl3N2O3/c1-30-20-5-3-16(23)13-19(20)26-9-6-21(28)27-10-7-14(8-11-27)22(29)15-2-4-17(24)18(25)12-15/h2-5,12-14,26H,6-11H2,1H3. The van der Waals surface area contributed by atoms with Crippen molar-refractivity contribution >= 4 is 52.2 Å². The minimum atomic E-state index is -0.111. The van der Waals surface area contributed by atoms with Crippen LogP contribution < -0.4 is 10.1 Å². The third-order valence-electron chi connectivity index (χ3n) is 5.24. The first-order valence-corrected chi connectivity index (χ1v) is 10.9. The Morgan fingerprint density at radius 3 is 2.47 bits per heavy atom. The van der Waals surface area contributed by atoms with Gasteiger partial charge in [0.15, 0.2) is 5.78 Å². The molecular weight excluding hydrogens is 447 g/mol. The van der Waals surface area contributed by atoms with Crippen molar-refractivity contribution in [3.63, 3.8) is 0 Å². The average Bonchev–Trinajstić information content (AvgIpc) is 2.75. The molecule has 8 heteroatoms. The van der Waals surface area contributed by atoms with E-state index in [-0.39, 0.29) is 17.6 Å². The molecule has 1 fully saturated rings. The highest BCUT2D eigenvalue weighted by Crippen LogP contribution is 2.29. The molecule has 2 aromatic carbocycles. The molecule has 1 aliphatic rings. The maximum atomic E-state index is 12.7. The summed E-state index contributed by atoms with van der Waals surface area (Å²) in [5.41, 5.74) is 1.32. The van der Waals surface area contributed by atoms with E-state index in [9.17, 15) is 9.59 Å². The number of nitrogens with one attached hydrogen (secondary N) is 1. The molecule has 0 aromatic heterocycles. The second kappa shape index (κ2) is 10.4. The normalized spacial score (nSPS) is 14.5. The van der Waals surface area contributed by atoms with Gasteiger partial charge in [-0.1, -0.05) is 34.8 Å². The number of halogens is 3. The van der Waals surface area contributed by atoms with Crippen LogP contribution in [0.4, 0.5) is 5.69 Å². The second-order valence-corrected chi connectivity index (χ2v) is 8.42. The number of Topliss-reactive ketones (excluding diaryl/α,β-unsaturated/α-hetero) is 1. The maximum Gasteiger partial charge on any atom is 0.224 e. The summed E-state index contributed by atoms with van der Waals surface area (Å²) in [7, 11) is 1.59. The lowest BCUT2D eigenvalue weighted by molar-refractivity contribution is -0.132. The van der Waals surface area contributed by atoms with Gasteiger partial charge in [0.2, 0.25) is 5.91 Å². The fourth-order valence-electron chi connectivity index (χ4n) is 3.56. The zero-order chi connectivity index (χ0) is 21.7. The van der Waals surface area contributed by atoms with Crippen molar-refractivity contribution in [2.75, 3.05) is 32.1 Å². The van der Waals surface area contributed by atoms with E-state index in [4.69, 9.17) is 39.5 Å². The zero-order valence-electron chi connectivity index (χ0n) is 16.6. The van der Waals surface area contributed by atoms with E-state index >= 15 is 0 Å². The lowest BCUT2D eigenvalue weighted by Gasteiger charge is -2.31. The molecule has 1 amide bonds. The highest BCUT2D eigenvalue weighted by atomic mass is 35.5. The number of piperidine rings is 1. The van der Waals surface area contributed by atoms with Crippen molar-refractivity contribution in [1.29, 1.82) is 0 Å². The quantitative estimate of drug-likeness (QED) is 0.538. The van der Waals surface area contributed by atoms with E-state index in [1.54, 1.807) is 43.5 Å². The number of hydrogen-bond acceptors (Lipinski definition) is 4. The number of rotatable bonds is 7. The van der Waals surface area contributed by atoms with Gasteiger partial charge in [-0.25, -0.2) is 0 Å². The van der Waals surface area contributed by atoms with Crippen LogP contribution in [0.3, 0.4) is 0 Å². The largest absolute Gasteiger partial charge is 0.495 e. The number of benzene rings is 2. The van der Waals surface area contributed by atoms with Crippen LogP contribution in [0.2, 0.25) is 15.1 Å². The van der Waals surface area contributed by atoms with Gasteiger partial charge >= 0.3 is 0 Å². The summed E-state index contributed by atoms with van der Waals surface area (Å²) < 4.78 is 5.29. The van der Waals surface area contributed by atoms with E-state index in [1.165, 1.54) is 0 Å². The summed E-state index contributed by atoms with van der Waals surface area (Å²) in [6, 6.07) is 10.2. The Morgan fingerprint density at radius 1 is 1.07 bits per heavy atom. The number of carbonyl (C=O) groups is 2. The Morgan fingerprint density at radius 2 is 1.80 bits per heavy atom. The third kappa shape index (κ3) is 5.60. The number of methoxy groups -OCH3 is 1. The van der Waals surface area contributed by atoms with Gasteiger partial charge in [-0.3, -0.25) is 9.59 Å². The second-order valence-electron chi connectivity index (χ2n) is 7.17. The summed E-state index contributed by atoms with van der Waals surface area (Å²) in [6.45, 7) is 1.60.